The van der Waals surface area contributed by atoms with Crippen LogP contribution in [-0.2, 0) is 6.42 Å². The van der Waals surface area contributed by atoms with Crippen molar-refractivity contribution in [3.63, 3.8) is 0 Å². The fourth-order valence-electron chi connectivity index (χ4n) is 3.82. The highest BCUT2D eigenvalue weighted by Gasteiger charge is 2.32. The number of para-hydroxylation sites is 1. The molecule has 1 aromatic carbocycles. The Bertz CT molecular complexity index is 751. The number of benzene rings is 1. The van der Waals surface area contributed by atoms with Gasteiger partial charge in [-0.3, -0.25) is 0 Å². The van der Waals surface area contributed by atoms with Crippen LogP contribution >= 0.6 is 11.3 Å². The van der Waals surface area contributed by atoms with Crippen molar-refractivity contribution in [1.82, 2.24) is 0 Å². The Hall–Kier alpha value is -1.54. The van der Waals surface area contributed by atoms with Crippen molar-refractivity contribution in [3.05, 3.63) is 56.3 Å². The molecule has 1 unspecified atom stereocenters. The molecule has 2 heterocycles. The number of rotatable bonds is 1. The van der Waals surface area contributed by atoms with Gasteiger partial charge in [-0.1, -0.05) is 23.8 Å². The molecule has 0 spiro atoms. The van der Waals surface area contributed by atoms with Crippen molar-refractivity contribution in [1.29, 1.82) is 0 Å². The summed E-state index contributed by atoms with van der Waals surface area (Å²) in [7, 11) is 0. The number of allylic oxidation sites excluding steroid dienone is 2. The van der Waals surface area contributed by atoms with E-state index in [1.807, 2.05) is 11.3 Å². The molecule has 0 fully saturated rings. The molecule has 0 saturated carbocycles. The lowest BCUT2D eigenvalue weighted by Gasteiger charge is -2.25. The van der Waals surface area contributed by atoms with E-state index in [2.05, 4.69) is 50.4 Å². The Morgan fingerprint density at radius 3 is 2.90 bits per heavy atom. The zero-order valence-electron chi connectivity index (χ0n) is 12.9. The third kappa shape index (κ3) is 1.89. The molecule has 1 aliphatic carbocycles. The third-order valence-electron chi connectivity index (χ3n) is 4.99. The Kier molecular flexibility index (Phi) is 2.97. The Morgan fingerprint density at radius 1 is 1.19 bits per heavy atom. The lowest BCUT2D eigenvalue weighted by atomic mass is 9.88. The zero-order chi connectivity index (χ0) is 14.6. The molecular formula is C19H21NS. The molecule has 1 nitrogen and oxygen atoms in total. The van der Waals surface area contributed by atoms with Gasteiger partial charge in [0.25, 0.3) is 0 Å². The summed E-state index contributed by atoms with van der Waals surface area (Å²) < 4.78 is 0. The van der Waals surface area contributed by atoms with Crippen LogP contribution in [0.4, 0.5) is 5.69 Å². The monoisotopic (exact) mass is 295 g/mol. The number of thiophene rings is 1. The van der Waals surface area contributed by atoms with Crippen LogP contribution in [0.2, 0.25) is 0 Å². The normalized spacial score (nSPS) is 20.2. The summed E-state index contributed by atoms with van der Waals surface area (Å²) in [6.45, 7) is 7.92. The van der Waals surface area contributed by atoms with Gasteiger partial charge in [0.15, 0.2) is 0 Å². The van der Waals surface area contributed by atoms with E-state index in [0.29, 0.717) is 5.92 Å². The predicted octanol–water partition coefficient (Wildman–Crippen LogP) is 5.35. The van der Waals surface area contributed by atoms with E-state index in [-0.39, 0.29) is 0 Å². The molecule has 1 aromatic heterocycles. The summed E-state index contributed by atoms with van der Waals surface area (Å²) in [5.74, 6) is 0.458. The summed E-state index contributed by atoms with van der Waals surface area (Å²) in [5.41, 5.74) is 8.86. The molecule has 0 amide bonds. The molecule has 0 radical (unpaired) electrons. The van der Waals surface area contributed by atoms with Crippen LogP contribution in [0, 0.1) is 6.92 Å². The maximum Gasteiger partial charge on any atom is 0.0422 e. The number of hydrogen-bond acceptors (Lipinski definition) is 2. The van der Waals surface area contributed by atoms with Gasteiger partial charge in [0.2, 0.25) is 0 Å². The maximum absolute atomic E-state index is 3.66. The molecule has 21 heavy (non-hydrogen) atoms. The lowest BCUT2D eigenvalue weighted by Crippen LogP contribution is -2.15. The van der Waals surface area contributed by atoms with Crippen molar-refractivity contribution >= 4 is 22.6 Å². The molecule has 0 saturated heterocycles. The largest absolute Gasteiger partial charge is 0.385 e. The van der Waals surface area contributed by atoms with E-state index in [1.54, 1.807) is 4.88 Å². The van der Waals surface area contributed by atoms with E-state index in [1.165, 1.54) is 51.2 Å². The Balaban J connectivity index is 1.91. The highest BCUT2D eigenvalue weighted by molar-refractivity contribution is 7.12. The third-order valence-corrected chi connectivity index (χ3v) is 6.11. The molecule has 1 N–H and O–H groups in total. The van der Waals surface area contributed by atoms with E-state index < -0.39 is 0 Å². The quantitative estimate of drug-likeness (QED) is 0.747. The van der Waals surface area contributed by atoms with Crippen molar-refractivity contribution in [3.8, 4) is 0 Å². The second kappa shape index (κ2) is 4.74. The van der Waals surface area contributed by atoms with Gasteiger partial charge in [0.05, 0.1) is 0 Å². The van der Waals surface area contributed by atoms with Gasteiger partial charge in [-0.15, -0.1) is 11.3 Å². The maximum atomic E-state index is 3.66. The molecule has 0 bridgehead atoms. The first-order chi connectivity index (χ1) is 10.2. The summed E-state index contributed by atoms with van der Waals surface area (Å²) in [6.07, 6.45) is 2.46. The smallest absolute Gasteiger partial charge is 0.0422 e. The van der Waals surface area contributed by atoms with Crippen LogP contribution in [-0.4, -0.2) is 6.54 Å². The molecule has 1 atom stereocenters. The number of anilines is 1. The fraction of sp³-hybridized carbons (Fsp3) is 0.368. The lowest BCUT2D eigenvalue weighted by molar-refractivity contribution is 0.820. The van der Waals surface area contributed by atoms with Gasteiger partial charge in [-0.25, -0.2) is 0 Å². The highest BCUT2D eigenvalue weighted by atomic mass is 32.1. The predicted molar refractivity (Wildman–Crippen MR) is 92.4 cm³/mol. The number of nitrogens with one attached hydrogen (secondary N) is 1. The summed E-state index contributed by atoms with van der Waals surface area (Å²) in [5, 5.41) is 3.66. The average Bonchev–Trinajstić information content (AvgIpc) is 2.97. The minimum absolute atomic E-state index is 0.458. The zero-order valence-corrected chi connectivity index (χ0v) is 13.7. The van der Waals surface area contributed by atoms with E-state index in [0.717, 1.165) is 6.54 Å². The first-order valence-corrected chi connectivity index (χ1v) is 8.62. The number of aryl methyl sites for hydroxylation is 2. The summed E-state index contributed by atoms with van der Waals surface area (Å²) in [4.78, 5) is 2.97. The highest BCUT2D eigenvalue weighted by Crippen LogP contribution is 2.51. The van der Waals surface area contributed by atoms with Crippen molar-refractivity contribution in [2.24, 2.45) is 0 Å². The second-order valence-corrected chi connectivity index (χ2v) is 7.58. The average molecular weight is 295 g/mol. The van der Waals surface area contributed by atoms with Gasteiger partial charge < -0.3 is 5.32 Å². The van der Waals surface area contributed by atoms with Gasteiger partial charge in [0, 0.05) is 27.9 Å². The molecule has 2 heteroatoms. The molecule has 108 valence electrons. The van der Waals surface area contributed by atoms with Crippen LogP contribution in [0.5, 0.6) is 0 Å². The standard InChI is InChI=1S/C19H21NS/c1-11-10-16-12(2)13(3)17(19(16)21-11)15-8-4-6-14-7-5-9-20-18(14)15/h4,6,8,10,17,20H,5,7,9H2,1-3H3. The van der Waals surface area contributed by atoms with Gasteiger partial charge in [0.1, 0.15) is 0 Å². The fourth-order valence-corrected chi connectivity index (χ4v) is 5.08. The van der Waals surface area contributed by atoms with Crippen LogP contribution < -0.4 is 5.32 Å². The Labute approximate surface area is 130 Å². The number of hydrogen-bond donors (Lipinski definition) is 1. The minimum atomic E-state index is 0.458. The van der Waals surface area contributed by atoms with Crippen LogP contribution in [0.3, 0.4) is 0 Å². The van der Waals surface area contributed by atoms with Gasteiger partial charge in [-0.2, -0.15) is 0 Å². The molecule has 2 aromatic rings. The van der Waals surface area contributed by atoms with Crippen LogP contribution in [0.25, 0.3) is 5.57 Å². The number of fused-ring (bicyclic) bond motifs is 2. The van der Waals surface area contributed by atoms with E-state index in [4.69, 9.17) is 0 Å². The van der Waals surface area contributed by atoms with Gasteiger partial charge in [-0.05, 0) is 61.9 Å². The first-order valence-electron chi connectivity index (χ1n) is 7.80. The summed E-state index contributed by atoms with van der Waals surface area (Å²) >= 11 is 1.97. The topological polar surface area (TPSA) is 12.0 Å². The van der Waals surface area contributed by atoms with Crippen LogP contribution in [0.1, 0.15) is 52.6 Å². The van der Waals surface area contributed by atoms with E-state index >= 15 is 0 Å². The van der Waals surface area contributed by atoms with E-state index in [9.17, 15) is 0 Å². The Morgan fingerprint density at radius 2 is 2.05 bits per heavy atom. The van der Waals surface area contributed by atoms with Gasteiger partial charge >= 0.3 is 0 Å². The molecule has 2 aliphatic rings. The summed E-state index contributed by atoms with van der Waals surface area (Å²) in [6, 6.07) is 9.21. The SMILES string of the molecule is CC1=C(C)C(c2cccc3c2NCCC3)c2sc(C)cc21. The molecular weight excluding hydrogens is 274 g/mol. The van der Waals surface area contributed by atoms with Crippen LogP contribution in [0.15, 0.2) is 29.8 Å². The minimum Gasteiger partial charge on any atom is -0.385 e. The van der Waals surface area contributed by atoms with Crippen molar-refractivity contribution < 1.29 is 0 Å². The second-order valence-electron chi connectivity index (χ2n) is 6.29. The van der Waals surface area contributed by atoms with Crippen molar-refractivity contribution in [2.45, 2.75) is 39.5 Å². The molecule has 4 rings (SSSR count). The molecule has 1 aliphatic heterocycles. The first kappa shape index (κ1) is 13.1. The van der Waals surface area contributed by atoms with Crippen molar-refractivity contribution in [2.75, 3.05) is 11.9 Å².